The van der Waals surface area contributed by atoms with Gasteiger partial charge in [0.1, 0.15) is 5.82 Å². The zero-order valence-electron chi connectivity index (χ0n) is 12.0. The fourth-order valence-electron chi connectivity index (χ4n) is 3.02. The van der Waals surface area contributed by atoms with Gasteiger partial charge in [0.2, 0.25) is 0 Å². The Hall–Kier alpha value is -1.87. The van der Waals surface area contributed by atoms with E-state index in [1.807, 2.05) is 30.3 Å². The Balaban J connectivity index is 1.78. The fraction of sp³-hybridized carbons (Fsp3) is 0.333. The summed E-state index contributed by atoms with van der Waals surface area (Å²) in [4.78, 5) is 0. The molecule has 0 amide bonds. The molecule has 1 unspecified atom stereocenters. The molecule has 0 saturated carbocycles. The van der Waals surface area contributed by atoms with Gasteiger partial charge in [-0.1, -0.05) is 18.2 Å². The Kier molecular flexibility index (Phi) is 4.20. The van der Waals surface area contributed by atoms with E-state index in [1.54, 1.807) is 12.1 Å². The van der Waals surface area contributed by atoms with Crippen molar-refractivity contribution in [3.8, 4) is 0 Å². The lowest BCUT2D eigenvalue weighted by molar-refractivity contribution is 0.299. The highest BCUT2D eigenvalue weighted by Gasteiger charge is 2.20. The van der Waals surface area contributed by atoms with E-state index < -0.39 is 0 Å². The molecule has 0 spiro atoms. The van der Waals surface area contributed by atoms with Crippen LogP contribution in [-0.2, 0) is 12.8 Å². The van der Waals surface area contributed by atoms with Crippen molar-refractivity contribution < 1.29 is 9.50 Å². The van der Waals surface area contributed by atoms with Gasteiger partial charge in [-0.25, -0.2) is 4.39 Å². The molecule has 2 nitrogen and oxygen atoms in total. The standard InChI is InChI=1S/C18H20FNO/c19-15-7-6-14-2-1-3-18(17(14)12-15)20-16-8-4-13(5-9-16)10-11-21/h4-9,12,18,20-21H,1-3,10-11H2. The van der Waals surface area contributed by atoms with Crippen LogP contribution in [0.3, 0.4) is 0 Å². The molecule has 0 heterocycles. The quantitative estimate of drug-likeness (QED) is 0.894. The van der Waals surface area contributed by atoms with Gasteiger partial charge in [0, 0.05) is 12.3 Å². The molecular formula is C18H20FNO. The lowest BCUT2D eigenvalue weighted by Crippen LogP contribution is -2.17. The summed E-state index contributed by atoms with van der Waals surface area (Å²) >= 11 is 0. The maximum absolute atomic E-state index is 13.5. The summed E-state index contributed by atoms with van der Waals surface area (Å²) in [6.07, 6.45) is 3.86. The van der Waals surface area contributed by atoms with E-state index in [0.29, 0.717) is 6.42 Å². The molecular weight excluding hydrogens is 265 g/mol. The van der Waals surface area contributed by atoms with Crippen molar-refractivity contribution in [1.29, 1.82) is 0 Å². The summed E-state index contributed by atoms with van der Waals surface area (Å²) in [6, 6.07) is 13.4. The molecule has 0 aromatic heterocycles. The molecule has 21 heavy (non-hydrogen) atoms. The normalized spacial score (nSPS) is 17.3. The molecule has 1 aliphatic carbocycles. The third-order valence-electron chi connectivity index (χ3n) is 4.12. The average molecular weight is 285 g/mol. The van der Waals surface area contributed by atoms with Crippen LogP contribution in [0.25, 0.3) is 0 Å². The number of benzene rings is 2. The Morgan fingerprint density at radius 3 is 2.71 bits per heavy atom. The summed E-state index contributed by atoms with van der Waals surface area (Å²) in [5.41, 5.74) is 4.50. The molecule has 0 saturated heterocycles. The molecule has 1 atom stereocenters. The zero-order chi connectivity index (χ0) is 14.7. The van der Waals surface area contributed by atoms with Gasteiger partial charge in [0.25, 0.3) is 0 Å². The van der Waals surface area contributed by atoms with E-state index in [9.17, 15) is 4.39 Å². The Morgan fingerprint density at radius 2 is 1.95 bits per heavy atom. The van der Waals surface area contributed by atoms with E-state index in [-0.39, 0.29) is 18.5 Å². The van der Waals surface area contributed by atoms with Crippen molar-refractivity contribution in [3.63, 3.8) is 0 Å². The molecule has 2 aromatic rings. The monoisotopic (exact) mass is 285 g/mol. The van der Waals surface area contributed by atoms with Crippen molar-refractivity contribution in [1.82, 2.24) is 0 Å². The predicted molar refractivity (Wildman–Crippen MR) is 82.9 cm³/mol. The number of anilines is 1. The lowest BCUT2D eigenvalue weighted by atomic mass is 9.87. The molecule has 3 rings (SSSR count). The van der Waals surface area contributed by atoms with Crippen LogP contribution in [-0.4, -0.2) is 11.7 Å². The number of halogens is 1. The summed E-state index contributed by atoms with van der Waals surface area (Å²) < 4.78 is 13.5. The average Bonchev–Trinajstić information content (AvgIpc) is 2.50. The SMILES string of the molecule is OCCc1ccc(NC2CCCc3ccc(F)cc32)cc1. The zero-order valence-corrected chi connectivity index (χ0v) is 12.0. The minimum absolute atomic E-state index is 0.166. The van der Waals surface area contributed by atoms with E-state index in [1.165, 1.54) is 5.56 Å². The Bertz CT molecular complexity index is 609. The van der Waals surface area contributed by atoms with E-state index in [2.05, 4.69) is 5.32 Å². The van der Waals surface area contributed by atoms with Crippen LogP contribution in [0.4, 0.5) is 10.1 Å². The molecule has 1 aliphatic rings. The number of aliphatic hydroxyl groups excluding tert-OH is 1. The van der Waals surface area contributed by atoms with Crippen molar-refractivity contribution >= 4 is 5.69 Å². The van der Waals surface area contributed by atoms with E-state index in [4.69, 9.17) is 5.11 Å². The van der Waals surface area contributed by atoms with Crippen LogP contribution in [0, 0.1) is 5.82 Å². The third kappa shape index (κ3) is 3.24. The first-order valence-corrected chi connectivity index (χ1v) is 7.51. The molecule has 0 fully saturated rings. The topological polar surface area (TPSA) is 32.3 Å². The molecule has 0 radical (unpaired) electrons. The summed E-state index contributed by atoms with van der Waals surface area (Å²) in [5, 5.41) is 12.4. The van der Waals surface area contributed by atoms with Crippen LogP contribution in [0.5, 0.6) is 0 Å². The Labute approximate surface area is 124 Å². The summed E-state index contributed by atoms with van der Waals surface area (Å²) in [6.45, 7) is 0.169. The van der Waals surface area contributed by atoms with Gasteiger partial charge in [-0.3, -0.25) is 0 Å². The lowest BCUT2D eigenvalue weighted by Gasteiger charge is -2.27. The minimum atomic E-state index is -0.166. The van der Waals surface area contributed by atoms with Crippen molar-refractivity contribution in [2.75, 3.05) is 11.9 Å². The second-order valence-corrected chi connectivity index (χ2v) is 5.60. The van der Waals surface area contributed by atoms with Gasteiger partial charge in [-0.2, -0.15) is 0 Å². The molecule has 0 bridgehead atoms. The first-order chi connectivity index (χ1) is 10.3. The maximum Gasteiger partial charge on any atom is 0.123 e. The Morgan fingerprint density at radius 1 is 1.14 bits per heavy atom. The maximum atomic E-state index is 13.5. The second kappa shape index (κ2) is 6.27. The summed E-state index contributed by atoms with van der Waals surface area (Å²) in [7, 11) is 0. The third-order valence-corrected chi connectivity index (χ3v) is 4.12. The first kappa shape index (κ1) is 14.1. The molecule has 2 aromatic carbocycles. The largest absolute Gasteiger partial charge is 0.396 e. The number of fused-ring (bicyclic) bond motifs is 1. The van der Waals surface area contributed by atoms with Crippen LogP contribution < -0.4 is 5.32 Å². The van der Waals surface area contributed by atoms with Gasteiger partial charge in [-0.05, 0) is 66.6 Å². The smallest absolute Gasteiger partial charge is 0.123 e. The van der Waals surface area contributed by atoms with Crippen molar-refractivity contribution in [3.05, 3.63) is 65.0 Å². The fourth-order valence-corrected chi connectivity index (χ4v) is 3.02. The highest BCUT2D eigenvalue weighted by Crippen LogP contribution is 2.33. The minimum Gasteiger partial charge on any atom is -0.396 e. The number of rotatable bonds is 4. The van der Waals surface area contributed by atoms with Gasteiger partial charge in [0.15, 0.2) is 0 Å². The molecule has 2 N–H and O–H groups in total. The van der Waals surface area contributed by atoms with Gasteiger partial charge >= 0.3 is 0 Å². The highest BCUT2D eigenvalue weighted by molar-refractivity contribution is 5.48. The molecule has 0 aliphatic heterocycles. The van der Waals surface area contributed by atoms with Gasteiger partial charge < -0.3 is 10.4 Å². The van der Waals surface area contributed by atoms with Crippen molar-refractivity contribution in [2.45, 2.75) is 31.7 Å². The number of aliphatic hydroxyl groups is 1. The van der Waals surface area contributed by atoms with Crippen LogP contribution in [0.15, 0.2) is 42.5 Å². The number of hydrogen-bond acceptors (Lipinski definition) is 2. The van der Waals surface area contributed by atoms with Crippen LogP contribution in [0.2, 0.25) is 0 Å². The van der Waals surface area contributed by atoms with Crippen molar-refractivity contribution in [2.24, 2.45) is 0 Å². The number of hydrogen-bond donors (Lipinski definition) is 2. The van der Waals surface area contributed by atoms with Crippen LogP contribution in [0.1, 0.15) is 35.6 Å². The molecule has 3 heteroatoms. The summed E-state index contributed by atoms with van der Waals surface area (Å²) in [5.74, 6) is -0.166. The first-order valence-electron chi connectivity index (χ1n) is 7.51. The molecule has 110 valence electrons. The van der Waals surface area contributed by atoms with E-state index in [0.717, 1.165) is 36.1 Å². The predicted octanol–water partition coefficient (Wildman–Crippen LogP) is 3.85. The van der Waals surface area contributed by atoms with E-state index >= 15 is 0 Å². The van der Waals surface area contributed by atoms with Gasteiger partial charge in [0.05, 0.1) is 6.04 Å². The number of nitrogens with one attached hydrogen (secondary N) is 1. The van der Waals surface area contributed by atoms with Gasteiger partial charge in [-0.15, -0.1) is 0 Å². The second-order valence-electron chi connectivity index (χ2n) is 5.60. The highest BCUT2D eigenvalue weighted by atomic mass is 19.1. The van der Waals surface area contributed by atoms with Crippen LogP contribution >= 0.6 is 0 Å². The number of aryl methyl sites for hydroxylation is 1.